The predicted molar refractivity (Wildman–Crippen MR) is 59.4 cm³/mol. The Labute approximate surface area is 89.1 Å². The Balaban J connectivity index is 2.83. The molecule has 0 aliphatic carbocycles. The summed E-state index contributed by atoms with van der Waals surface area (Å²) in [5, 5.41) is 0. The van der Waals surface area contributed by atoms with E-state index in [1.54, 1.807) is 7.11 Å². The van der Waals surface area contributed by atoms with Gasteiger partial charge in [0, 0.05) is 5.56 Å². The third-order valence-corrected chi connectivity index (χ3v) is 2.60. The minimum Gasteiger partial charge on any atom is -0.496 e. The summed E-state index contributed by atoms with van der Waals surface area (Å²) in [5.41, 5.74) is 3.96. The molecule has 2 rings (SSSR count). The van der Waals surface area contributed by atoms with Gasteiger partial charge in [-0.15, -0.1) is 0 Å². The Bertz CT molecular complexity index is 486. The summed E-state index contributed by atoms with van der Waals surface area (Å²) < 4.78 is 10.8. The zero-order valence-corrected chi connectivity index (χ0v) is 9.50. The molecule has 2 aromatic rings. The summed E-state index contributed by atoms with van der Waals surface area (Å²) in [6.07, 6.45) is 1.49. The van der Waals surface area contributed by atoms with Crippen molar-refractivity contribution in [1.82, 2.24) is 4.98 Å². The van der Waals surface area contributed by atoms with Crippen molar-refractivity contribution >= 4 is 11.1 Å². The first kappa shape index (κ1) is 10.0. The monoisotopic (exact) mass is 205 g/mol. The summed E-state index contributed by atoms with van der Waals surface area (Å²) in [5.74, 6) is 1.24. The van der Waals surface area contributed by atoms with Gasteiger partial charge in [0.15, 0.2) is 12.0 Å². The summed E-state index contributed by atoms with van der Waals surface area (Å²) in [4.78, 5) is 4.21. The zero-order valence-electron chi connectivity index (χ0n) is 9.50. The first-order valence-corrected chi connectivity index (χ1v) is 5.05. The lowest BCUT2D eigenvalue weighted by Crippen LogP contribution is -1.96. The number of nitrogens with zero attached hydrogens (tertiary/aromatic N) is 1. The van der Waals surface area contributed by atoms with Crippen LogP contribution >= 0.6 is 0 Å². The third kappa shape index (κ3) is 1.48. The standard InChI is InChI=1S/C12H15NO2/c1-7(2)10-9(14-4)5-8(3)11-12(10)15-6-13-11/h5-7H,1-4H3. The quantitative estimate of drug-likeness (QED) is 0.754. The van der Waals surface area contributed by atoms with Crippen molar-refractivity contribution in [3.8, 4) is 5.75 Å². The lowest BCUT2D eigenvalue weighted by molar-refractivity contribution is 0.406. The highest BCUT2D eigenvalue weighted by Crippen LogP contribution is 2.35. The number of aromatic nitrogens is 1. The number of hydrogen-bond acceptors (Lipinski definition) is 3. The van der Waals surface area contributed by atoms with E-state index < -0.39 is 0 Å². The number of rotatable bonds is 2. The van der Waals surface area contributed by atoms with Gasteiger partial charge < -0.3 is 9.15 Å². The molecule has 80 valence electrons. The molecule has 3 nitrogen and oxygen atoms in total. The van der Waals surface area contributed by atoms with Crippen LogP contribution in [0.25, 0.3) is 11.1 Å². The third-order valence-electron chi connectivity index (χ3n) is 2.60. The normalized spacial score (nSPS) is 11.3. The SMILES string of the molecule is COc1cc(C)c2ncoc2c1C(C)C. The minimum absolute atomic E-state index is 0.357. The van der Waals surface area contributed by atoms with Gasteiger partial charge in [0.05, 0.1) is 7.11 Å². The van der Waals surface area contributed by atoms with Crippen LogP contribution in [0.2, 0.25) is 0 Å². The smallest absolute Gasteiger partial charge is 0.182 e. The van der Waals surface area contributed by atoms with Crippen LogP contribution < -0.4 is 4.74 Å². The highest BCUT2D eigenvalue weighted by molar-refractivity contribution is 5.82. The van der Waals surface area contributed by atoms with Gasteiger partial charge in [-0.1, -0.05) is 13.8 Å². The number of ether oxygens (including phenoxy) is 1. The van der Waals surface area contributed by atoms with Crippen molar-refractivity contribution in [3.63, 3.8) is 0 Å². The molecule has 0 radical (unpaired) electrons. The molecule has 0 aliphatic heterocycles. The summed E-state index contributed by atoms with van der Waals surface area (Å²) in [7, 11) is 1.68. The van der Waals surface area contributed by atoms with Crippen molar-refractivity contribution in [1.29, 1.82) is 0 Å². The molecule has 0 fully saturated rings. The maximum absolute atomic E-state index is 5.44. The molecule has 0 spiro atoms. The second-order valence-electron chi connectivity index (χ2n) is 3.99. The first-order chi connectivity index (χ1) is 7.15. The molecule has 0 saturated heterocycles. The van der Waals surface area contributed by atoms with Crippen molar-refractivity contribution in [2.45, 2.75) is 26.7 Å². The molecule has 0 saturated carbocycles. The molecular weight excluding hydrogens is 190 g/mol. The van der Waals surface area contributed by atoms with Crippen LogP contribution in [0.1, 0.15) is 30.9 Å². The number of methoxy groups -OCH3 is 1. The van der Waals surface area contributed by atoms with Gasteiger partial charge >= 0.3 is 0 Å². The Hall–Kier alpha value is -1.51. The first-order valence-electron chi connectivity index (χ1n) is 5.05. The van der Waals surface area contributed by atoms with Crippen LogP contribution in [-0.4, -0.2) is 12.1 Å². The Morgan fingerprint density at radius 1 is 1.40 bits per heavy atom. The van der Waals surface area contributed by atoms with Crippen LogP contribution in [-0.2, 0) is 0 Å². The summed E-state index contributed by atoms with van der Waals surface area (Å²) in [6.45, 7) is 6.25. The van der Waals surface area contributed by atoms with E-state index in [2.05, 4.69) is 18.8 Å². The van der Waals surface area contributed by atoms with E-state index in [9.17, 15) is 0 Å². The van der Waals surface area contributed by atoms with Gasteiger partial charge in [0.2, 0.25) is 0 Å². The van der Waals surface area contributed by atoms with E-state index >= 15 is 0 Å². The zero-order chi connectivity index (χ0) is 11.0. The van der Waals surface area contributed by atoms with Crippen molar-refractivity contribution in [3.05, 3.63) is 23.6 Å². The van der Waals surface area contributed by atoms with Crippen molar-refractivity contribution in [2.24, 2.45) is 0 Å². The highest BCUT2D eigenvalue weighted by atomic mass is 16.5. The largest absolute Gasteiger partial charge is 0.496 e. The molecule has 15 heavy (non-hydrogen) atoms. The molecule has 0 bridgehead atoms. The van der Waals surface area contributed by atoms with Gasteiger partial charge in [0.25, 0.3) is 0 Å². The number of hydrogen-bond donors (Lipinski definition) is 0. The number of fused-ring (bicyclic) bond motifs is 1. The fourth-order valence-electron chi connectivity index (χ4n) is 1.89. The topological polar surface area (TPSA) is 35.3 Å². The van der Waals surface area contributed by atoms with Gasteiger partial charge in [-0.2, -0.15) is 0 Å². The second-order valence-corrected chi connectivity index (χ2v) is 3.99. The van der Waals surface area contributed by atoms with E-state index in [4.69, 9.17) is 9.15 Å². The Morgan fingerprint density at radius 3 is 2.73 bits per heavy atom. The molecular formula is C12H15NO2. The van der Waals surface area contributed by atoms with Crippen LogP contribution in [0.15, 0.2) is 16.9 Å². The van der Waals surface area contributed by atoms with Gasteiger partial charge in [-0.25, -0.2) is 4.98 Å². The summed E-state index contributed by atoms with van der Waals surface area (Å²) in [6, 6.07) is 2.01. The van der Waals surface area contributed by atoms with Crippen LogP contribution in [0.3, 0.4) is 0 Å². The highest BCUT2D eigenvalue weighted by Gasteiger charge is 2.17. The molecule has 0 unspecified atom stereocenters. The minimum atomic E-state index is 0.357. The van der Waals surface area contributed by atoms with Gasteiger partial charge in [-0.05, 0) is 24.5 Å². The van der Waals surface area contributed by atoms with Crippen LogP contribution in [0, 0.1) is 6.92 Å². The molecule has 3 heteroatoms. The van der Waals surface area contributed by atoms with Crippen molar-refractivity contribution in [2.75, 3.05) is 7.11 Å². The fourth-order valence-corrected chi connectivity index (χ4v) is 1.89. The lowest BCUT2D eigenvalue weighted by Gasteiger charge is -2.12. The molecule has 1 aromatic carbocycles. The molecule has 0 atom stereocenters. The van der Waals surface area contributed by atoms with E-state index in [1.807, 2.05) is 13.0 Å². The molecule has 1 aromatic heterocycles. The van der Waals surface area contributed by atoms with Crippen molar-refractivity contribution < 1.29 is 9.15 Å². The van der Waals surface area contributed by atoms with E-state index in [0.29, 0.717) is 5.92 Å². The van der Waals surface area contributed by atoms with Crippen LogP contribution in [0.5, 0.6) is 5.75 Å². The maximum Gasteiger partial charge on any atom is 0.182 e. The molecule has 1 heterocycles. The number of benzene rings is 1. The predicted octanol–water partition coefficient (Wildman–Crippen LogP) is 3.27. The maximum atomic E-state index is 5.44. The molecule has 0 aliphatic rings. The average Bonchev–Trinajstić information content (AvgIpc) is 2.65. The number of aryl methyl sites for hydroxylation is 1. The molecule has 0 amide bonds. The second kappa shape index (κ2) is 3.57. The Kier molecular flexibility index (Phi) is 2.39. The summed E-state index contributed by atoms with van der Waals surface area (Å²) >= 11 is 0. The average molecular weight is 205 g/mol. The van der Waals surface area contributed by atoms with E-state index in [-0.39, 0.29) is 0 Å². The van der Waals surface area contributed by atoms with Gasteiger partial charge in [0.1, 0.15) is 11.3 Å². The molecule has 0 N–H and O–H groups in total. The Morgan fingerprint density at radius 2 is 2.13 bits per heavy atom. The van der Waals surface area contributed by atoms with Crippen LogP contribution in [0.4, 0.5) is 0 Å². The van der Waals surface area contributed by atoms with E-state index in [1.165, 1.54) is 6.39 Å². The van der Waals surface area contributed by atoms with Gasteiger partial charge in [-0.3, -0.25) is 0 Å². The number of oxazole rings is 1. The lowest BCUT2D eigenvalue weighted by atomic mass is 9.99. The fraction of sp³-hybridized carbons (Fsp3) is 0.417. The van der Waals surface area contributed by atoms with E-state index in [0.717, 1.165) is 28.0 Å².